The molecule has 0 heterocycles. The van der Waals surface area contributed by atoms with Crippen molar-refractivity contribution in [3.05, 3.63) is 69.5 Å². The van der Waals surface area contributed by atoms with E-state index in [-0.39, 0.29) is 5.56 Å². The molecule has 0 radical (unpaired) electrons. The molecule has 0 saturated heterocycles. The van der Waals surface area contributed by atoms with Crippen LogP contribution in [0.2, 0.25) is 5.02 Å². The quantitative estimate of drug-likeness (QED) is 0.492. The van der Waals surface area contributed by atoms with Crippen molar-refractivity contribution in [3.8, 4) is 0 Å². The highest BCUT2D eigenvalue weighted by atomic mass is 79.9. The smallest absolute Gasteiger partial charge is 0.161 e. The van der Waals surface area contributed by atoms with Crippen LogP contribution in [0.3, 0.4) is 0 Å². The molecule has 19 heavy (non-hydrogen) atoms. The molecule has 0 nitrogen and oxygen atoms in total. The third-order valence-corrected chi connectivity index (χ3v) is 4.23. The van der Waals surface area contributed by atoms with Crippen LogP contribution in [0.1, 0.15) is 21.5 Å². The Morgan fingerprint density at radius 2 is 1.63 bits per heavy atom. The van der Waals surface area contributed by atoms with Gasteiger partial charge in [0.1, 0.15) is 5.82 Å². The van der Waals surface area contributed by atoms with Crippen molar-refractivity contribution in [2.24, 2.45) is 0 Å². The van der Waals surface area contributed by atoms with Gasteiger partial charge < -0.3 is 0 Å². The van der Waals surface area contributed by atoms with Crippen LogP contribution >= 0.6 is 27.5 Å². The normalized spacial score (nSPS) is 12.5. The van der Waals surface area contributed by atoms with Gasteiger partial charge in [-0.05, 0) is 30.2 Å². The van der Waals surface area contributed by atoms with E-state index < -0.39 is 22.3 Å². The summed E-state index contributed by atoms with van der Waals surface area (Å²) in [7, 11) is 0. The summed E-state index contributed by atoms with van der Waals surface area (Å²) in [5.74, 6) is -3.10. The van der Waals surface area contributed by atoms with E-state index >= 15 is 0 Å². The van der Waals surface area contributed by atoms with E-state index in [1.807, 2.05) is 6.92 Å². The molecule has 0 saturated carbocycles. The Morgan fingerprint density at radius 3 is 2.26 bits per heavy atom. The molecule has 0 N–H and O–H groups in total. The van der Waals surface area contributed by atoms with E-state index in [0.29, 0.717) is 16.7 Å². The average molecular weight is 350 g/mol. The second-order valence-electron chi connectivity index (χ2n) is 4.16. The molecule has 0 fully saturated rings. The van der Waals surface area contributed by atoms with Crippen molar-refractivity contribution in [3.63, 3.8) is 0 Å². The minimum Gasteiger partial charge on any atom is -0.207 e. The maximum absolute atomic E-state index is 13.7. The van der Waals surface area contributed by atoms with Gasteiger partial charge in [0.25, 0.3) is 0 Å². The Morgan fingerprint density at radius 1 is 1.00 bits per heavy atom. The second kappa shape index (κ2) is 5.55. The van der Waals surface area contributed by atoms with Crippen LogP contribution < -0.4 is 0 Å². The Kier molecular flexibility index (Phi) is 4.21. The van der Waals surface area contributed by atoms with E-state index in [9.17, 15) is 13.2 Å². The number of hydrogen-bond donors (Lipinski definition) is 0. The molecule has 2 aromatic carbocycles. The van der Waals surface area contributed by atoms with E-state index in [2.05, 4.69) is 15.9 Å². The van der Waals surface area contributed by atoms with Gasteiger partial charge in [0.15, 0.2) is 11.6 Å². The van der Waals surface area contributed by atoms with Gasteiger partial charge in [0, 0.05) is 16.7 Å². The molecule has 5 heteroatoms. The van der Waals surface area contributed by atoms with Gasteiger partial charge >= 0.3 is 0 Å². The molecular weight excluding hydrogens is 341 g/mol. The van der Waals surface area contributed by atoms with Crippen molar-refractivity contribution >= 4 is 27.5 Å². The van der Waals surface area contributed by atoms with Crippen molar-refractivity contribution in [1.82, 2.24) is 0 Å². The van der Waals surface area contributed by atoms with Gasteiger partial charge in [-0.3, -0.25) is 0 Å². The van der Waals surface area contributed by atoms with Gasteiger partial charge in [-0.25, -0.2) is 13.2 Å². The molecule has 0 spiro atoms. The first-order chi connectivity index (χ1) is 8.90. The lowest BCUT2D eigenvalue weighted by Crippen LogP contribution is -2.00. The molecule has 0 aliphatic rings. The predicted octanol–water partition coefficient (Wildman–Crippen LogP) is 5.55. The summed E-state index contributed by atoms with van der Waals surface area (Å²) in [4.78, 5) is -0.597. The minimum atomic E-state index is -1.21. The standard InChI is InChI=1S/C14H9BrClF3/c1-7-2-3-8(4-10(7)16)14(15)9-5-12(18)13(19)6-11(9)17/h2-6,14H,1H3. The summed E-state index contributed by atoms with van der Waals surface area (Å²) in [5.41, 5.74) is 1.58. The Hall–Kier alpha value is -1.00. The molecule has 2 rings (SSSR count). The lowest BCUT2D eigenvalue weighted by molar-refractivity contribution is 0.491. The highest BCUT2D eigenvalue weighted by Crippen LogP contribution is 2.35. The molecular formula is C14H9BrClF3. The Labute approximate surface area is 122 Å². The molecule has 0 aliphatic heterocycles. The lowest BCUT2D eigenvalue weighted by atomic mass is 10.0. The zero-order valence-electron chi connectivity index (χ0n) is 9.85. The fourth-order valence-electron chi connectivity index (χ4n) is 1.68. The summed E-state index contributed by atoms with van der Waals surface area (Å²) in [6.45, 7) is 1.84. The number of rotatable bonds is 2. The first-order valence-electron chi connectivity index (χ1n) is 5.44. The Bertz CT molecular complexity index is 628. The Balaban J connectivity index is 2.46. The molecule has 0 aromatic heterocycles. The van der Waals surface area contributed by atoms with Gasteiger partial charge in [-0.1, -0.05) is 39.7 Å². The SMILES string of the molecule is Cc1ccc(C(Br)c2cc(F)c(F)cc2F)cc1Cl. The molecule has 1 unspecified atom stereocenters. The number of halogens is 5. The molecule has 0 amide bonds. The van der Waals surface area contributed by atoms with Gasteiger partial charge in [-0.15, -0.1) is 0 Å². The lowest BCUT2D eigenvalue weighted by Gasteiger charge is -2.13. The summed E-state index contributed by atoms with van der Waals surface area (Å²) in [6, 6.07) is 6.58. The minimum absolute atomic E-state index is 0.0267. The fourth-order valence-corrected chi connectivity index (χ4v) is 2.50. The second-order valence-corrected chi connectivity index (χ2v) is 5.48. The first kappa shape index (κ1) is 14.4. The summed E-state index contributed by atoms with van der Waals surface area (Å²) >= 11 is 9.27. The highest BCUT2D eigenvalue weighted by molar-refractivity contribution is 9.09. The van der Waals surface area contributed by atoms with Crippen LogP contribution in [0.15, 0.2) is 30.3 Å². The average Bonchev–Trinajstić information content (AvgIpc) is 2.36. The van der Waals surface area contributed by atoms with Crippen LogP contribution in [-0.2, 0) is 0 Å². The van der Waals surface area contributed by atoms with Crippen LogP contribution in [0.25, 0.3) is 0 Å². The zero-order valence-corrected chi connectivity index (χ0v) is 12.2. The molecule has 2 aromatic rings. The van der Waals surface area contributed by atoms with Crippen molar-refractivity contribution < 1.29 is 13.2 Å². The zero-order chi connectivity index (χ0) is 14.2. The van der Waals surface area contributed by atoms with Crippen molar-refractivity contribution in [2.75, 3.05) is 0 Å². The summed E-state index contributed by atoms with van der Waals surface area (Å²) in [5, 5.41) is 0.532. The molecule has 100 valence electrons. The van der Waals surface area contributed by atoms with Crippen LogP contribution in [0, 0.1) is 24.4 Å². The van der Waals surface area contributed by atoms with E-state index in [1.165, 1.54) is 0 Å². The number of hydrogen-bond acceptors (Lipinski definition) is 0. The van der Waals surface area contributed by atoms with E-state index in [4.69, 9.17) is 11.6 Å². The van der Waals surface area contributed by atoms with Crippen LogP contribution in [-0.4, -0.2) is 0 Å². The van der Waals surface area contributed by atoms with E-state index in [0.717, 1.165) is 11.6 Å². The number of benzene rings is 2. The monoisotopic (exact) mass is 348 g/mol. The third kappa shape index (κ3) is 2.95. The van der Waals surface area contributed by atoms with Crippen LogP contribution in [0.4, 0.5) is 13.2 Å². The number of aryl methyl sites for hydroxylation is 1. The first-order valence-corrected chi connectivity index (χ1v) is 6.74. The highest BCUT2D eigenvalue weighted by Gasteiger charge is 2.18. The maximum Gasteiger partial charge on any atom is 0.161 e. The third-order valence-electron chi connectivity index (χ3n) is 2.80. The summed E-state index contributed by atoms with van der Waals surface area (Å²) < 4.78 is 39.8. The molecule has 1 atom stereocenters. The maximum atomic E-state index is 13.7. The van der Waals surface area contributed by atoms with Gasteiger partial charge in [-0.2, -0.15) is 0 Å². The van der Waals surface area contributed by atoms with Crippen molar-refractivity contribution in [1.29, 1.82) is 0 Å². The van der Waals surface area contributed by atoms with Gasteiger partial charge in [0.2, 0.25) is 0 Å². The molecule has 0 aliphatic carbocycles. The topological polar surface area (TPSA) is 0 Å². The summed E-state index contributed by atoms with van der Waals surface area (Å²) in [6.07, 6.45) is 0. The van der Waals surface area contributed by atoms with Crippen molar-refractivity contribution in [2.45, 2.75) is 11.8 Å². The van der Waals surface area contributed by atoms with E-state index in [1.54, 1.807) is 18.2 Å². The largest absolute Gasteiger partial charge is 0.207 e. The predicted molar refractivity (Wildman–Crippen MR) is 73.3 cm³/mol. The van der Waals surface area contributed by atoms with Gasteiger partial charge in [0.05, 0.1) is 4.83 Å². The number of alkyl halides is 1. The van der Waals surface area contributed by atoms with Crippen LogP contribution in [0.5, 0.6) is 0 Å². The molecule has 0 bridgehead atoms. The fraction of sp³-hybridized carbons (Fsp3) is 0.143.